The third-order valence-electron chi connectivity index (χ3n) is 7.60. The number of halogens is 1. The third-order valence-corrected chi connectivity index (χ3v) is 8.19. The van der Waals surface area contributed by atoms with Crippen LogP contribution in [0.2, 0.25) is 5.02 Å². The van der Waals surface area contributed by atoms with Crippen LogP contribution < -0.4 is 10.1 Å². The minimum atomic E-state index is -0.668. The van der Waals surface area contributed by atoms with Gasteiger partial charge in [0, 0.05) is 24.0 Å². The molecule has 0 aromatic heterocycles. The van der Waals surface area contributed by atoms with Crippen molar-refractivity contribution in [3.8, 4) is 5.75 Å². The second-order valence-corrected chi connectivity index (χ2v) is 11.0. The number of amides is 2. The van der Waals surface area contributed by atoms with E-state index in [1.165, 1.54) is 6.42 Å². The zero-order valence-electron chi connectivity index (χ0n) is 23.2. The Balaban J connectivity index is 1.63. The van der Waals surface area contributed by atoms with E-state index >= 15 is 0 Å². The van der Waals surface area contributed by atoms with Crippen LogP contribution in [0.3, 0.4) is 0 Å². The predicted molar refractivity (Wildman–Crippen MR) is 157 cm³/mol. The molecule has 0 bridgehead atoms. The quantitative estimate of drug-likeness (QED) is 0.306. The first kappa shape index (κ1) is 28.7. The SMILES string of the molecule is Cc1ccccc1CN(C(=O)COc1cc(C)c(Cl)c(C)c1)[C@@H](Cc1ccccc1)C(=O)NC1CCCCC1. The second-order valence-electron chi connectivity index (χ2n) is 10.7. The van der Waals surface area contributed by atoms with Crippen LogP contribution in [-0.4, -0.2) is 35.4 Å². The fourth-order valence-electron chi connectivity index (χ4n) is 5.29. The maximum absolute atomic E-state index is 13.9. The van der Waals surface area contributed by atoms with Crippen LogP contribution in [0.4, 0.5) is 0 Å². The maximum atomic E-state index is 13.9. The highest BCUT2D eigenvalue weighted by atomic mass is 35.5. The van der Waals surface area contributed by atoms with Crippen molar-refractivity contribution in [2.24, 2.45) is 0 Å². The highest BCUT2D eigenvalue weighted by molar-refractivity contribution is 6.32. The molecule has 4 rings (SSSR count). The highest BCUT2D eigenvalue weighted by Gasteiger charge is 2.32. The lowest BCUT2D eigenvalue weighted by Gasteiger charge is -2.33. The molecular weight excluding hydrogens is 508 g/mol. The van der Waals surface area contributed by atoms with Gasteiger partial charge in [-0.2, -0.15) is 0 Å². The van der Waals surface area contributed by atoms with Crippen LogP contribution in [0.1, 0.15) is 59.9 Å². The molecule has 0 heterocycles. The molecule has 3 aromatic carbocycles. The average molecular weight is 547 g/mol. The molecule has 2 amide bonds. The molecule has 0 aliphatic heterocycles. The molecule has 3 aromatic rings. The molecule has 1 saturated carbocycles. The molecule has 1 fully saturated rings. The standard InChI is InChI=1S/C33H39ClN2O3/c1-23-12-10-11-15-27(23)21-36(31(37)22-39-29-18-24(2)32(34)25(3)19-29)30(20-26-13-6-4-7-14-26)33(38)35-28-16-8-5-9-17-28/h4,6-7,10-15,18-19,28,30H,5,8-9,16-17,20-22H2,1-3H3,(H,35,38)/t30-/m0/s1. The van der Waals surface area contributed by atoms with Crippen LogP contribution in [-0.2, 0) is 22.6 Å². The Bertz CT molecular complexity index is 1250. The molecule has 6 heteroatoms. The summed E-state index contributed by atoms with van der Waals surface area (Å²) in [5, 5.41) is 3.97. The molecule has 206 valence electrons. The molecule has 1 aliphatic carbocycles. The summed E-state index contributed by atoms with van der Waals surface area (Å²) in [5.41, 5.74) is 4.88. The van der Waals surface area contributed by atoms with Crippen LogP contribution in [0.5, 0.6) is 5.75 Å². The number of aryl methyl sites for hydroxylation is 3. The molecule has 1 atom stereocenters. The first-order chi connectivity index (χ1) is 18.8. The van der Waals surface area contributed by atoms with Crippen molar-refractivity contribution in [1.82, 2.24) is 10.2 Å². The Morgan fingerprint density at radius 3 is 2.23 bits per heavy atom. The molecule has 0 radical (unpaired) electrons. The fraction of sp³-hybridized carbons (Fsp3) is 0.394. The number of rotatable bonds is 10. The first-order valence-corrected chi connectivity index (χ1v) is 14.3. The summed E-state index contributed by atoms with van der Waals surface area (Å²) in [6.45, 7) is 6.01. The Kier molecular flexibility index (Phi) is 10.0. The van der Waals surface area contributed by atoms with Crippen molar-refractivity contribution in [3.63, 3.8) is 0 Å². The van der Waals surface area contributed by atoms with Gasteiger partial charge >= 0.3 is 0 Å². The summed E-state index contributed by atoms with van der Waals surface area (Å²) in [6, 6.07) is 21.1. The molecule has 1 N–H and O–H groups in total. The van der Waals surface area contributed by atoms with E-state index < -0.39 is 6.04 Å². The largest absolute Gasteiger partial charge is 0.484 e. The van der Waals surface area contributed by atoms with Crippen molar-refractivity contribution < 1.29 is 14.3 Å². The van der Waals surface area contributed by atoms with Gasteiger partial charge in [-0.3, -0.25) is 9.59 Å². The normalized spacial score (nSPS) is 14.5. The molecular formula is C33H39ClN2O3. The summed E-state index contributed by atoms with van der Waals surface area (Å²) in [4.78, 5) is 29.5. The summed E-state index contributed by atoms with van der Waals surface area (Å²) in [7, 11) is 0. The highest BCUT2D eigenvalue weighted by Crippen LogP contribution is 2.26. The number of ether oxygens (including phenoxy) is 1. The lowest BCUT2D eigenvalue weighted by molar-refractivity contribution is -0.143. The van der Waals surface area contributed by atoms with Gasteiger partial charge in [0.2, 0.25) is 5.91 Å². The molecule has 0 saturated heterocycles. The van der Waals surface area contributed by atoms with Gasteiger partial charge < -0.3 is 15.0 Å². The van der Waals surface area contributed by atoms with E-state index in [4.69, 9.17) is 16.3 Å². The topological polar surface area (TPSA) is 58.6 Å². The molecule has 39 heavy (non-hydrogen) atoms. The maximum Gasteiger partial charge on any atom is 0.261 e. The van der Waals surface area contributed by atoms with Gasteiger partial charge in [0.25, 0.3) is 5.91 Å². The smallest absolute Gasteiger partial charge is 0.261 e. The monoisotopic (exact) mass is 546 g/mol. The minimum Gasteiger partial charge on any atom is -0.484 e. The first-order valence-electron chi connectivity index (χ1n) is 13.9. The lowest BCUT2D eigenvalue weighted by atomic mass is 9.94. The van der Waals surface area contributed by atoms with E-state index in [2.05, 4.69) is 5.32 Å². The molecule has 1 aliphatic rings. The molecule has 0 spiro atoms. The van der Waals surface area contributed by atoms with Gasteiger partial charge in [-0.1, -0.05) is 85.5 Å². The summed E-state index contributed by atoms with van der Waals surface area (Å²) >= 11 is 6.33. The van der Waals surface area contributed by atoms with E-state index in [1.807, 2.05) is 87.5 Å². The van der Waals surface area contributed by atoms with Gasteiger partial charge in [0.1, 0.15) is 11.8 Å². The fourth-order valence-corrected chi connectivity index (χ4v) is 5.40. The number of nitrogens with one attached hydrogen (secondary N) is 1. The van der Waals surface area contributed by atoms with E-state index in [-0.39, 0.29) is 24.5 Å². The number of carbonyl (C=O) groups excluding carboxylic acids is 2. The predicted octanol–water partition coefficient (Wildman–Crippen LogP) is 6.73. The van der Waals surface area contributed by atoms with Gasteiger partial charge in [0.05, 0.1) is 0 Å². The summed E-state index contributed by atoms with van der Waals surface area (Å²) in [5.74, 6) is 0.249. The van der Waals surface area contributed by atoms with Crippen LogP contribution in [0.15, 0.2) is 66.7 Å². The van der Waals surface area contributed by atoms with Gasteiger partial charge in [-0.15, -0.1) is 0 Å². The van der Waals surface area contributed by atoms with Gasteiger partial charge in [0.15, 0.2) is 6.61 Å². The van der Waals surface area contributed by atoms with Gasteiger partial charge in [-0.05, 0) is 73.6 Å². The van der Waals surface area contributed by atoms with Crippen molar-refractivity contribution >= 4 is 23.4 Å². The zero-order valence-corrected chi connectivity index (χ0v) is 24.0. The summed E-state index contributed by atoms with van der Waals surface area (Å²) < 4.78 is 5.98. The van der Waals surface area contributed by atoms with Crippen LogP contribution in [0.25, 0.3) is 0 Å². The number of nitrogens with zero attached hydrogens (tertiary/aromatic N) is 1. The van der Waals surface area contributed by atoms with E-state index in [0.29, 0.717) is 23.7 Å². The number of carbonyl (C=O) groups is 2. The van der Waals surface area contributed by atoms with E-state index in [1.54, 1.807) is 4.90 Å². The average Bonchev–Trinajstić information content (AvgIpc) is 2.94. The van der Waals surface area contributed by atoms with Crippen molar-refractivity contribution in [1.29, 1.82) is 0 Å². The minimum absolute atomic E-state index is 0.106. The number of hydrogen-bond acceptors (Lipinski definition) is 3. The lowest BCUT2D eigenvalue weighted by Crippen LogP contribution is -2.53. The van der Waals surface area contributed by atoms with Gasteiger partial charge in [-0.25, -0.2) is 0 Å². The van der Waals surface area contributed by atoms with Crippen LogP contribution >= 0.6 is 11.6 Å². The van der Waals surface area contributed by atoms with E-state index in [9.17, 15) is 9.59 Å². The van der Waals surface area contributed by atoms with Crippen molar-refractivity contribution in [2.75, 3.05) is 6.61 Å². The van der Waals surface area contributed by atoms with Crippen molar-refractivity contribution in [2.45, 2.75) is 77.9 Å². The Morgan fingerprint density at radius 1 is 0.923 bits per heavy atom. The molecule has 0 unspecified atom stereocenters. The number of hydrogen-bond donors (Lipinski definition) is 1. The Morgan fingerprint density at radius 2 is 1.56 bits per heavy atom. The summed E-state index contributed by atoms with van der Waals surface area (Å²) in [6.07, 6.45) is 5.83. The second kappa shape index (κ2) is 13.7. The molecule has 5 nitrogen and oxygen atoms in total. The zero-order chi connectivity index (χ0) is 27.8. The Labute approximate surface area is 237 Å². The van der Waals surface area contributed by atoms with E-state index in [0.717, 1.165) is 53.5 Å². The van der Waals surface area contributed by atoms with Crippen molar-refractivity contribution in [3.05, 3.63) is 99.6 Å². The Hall–Kier alpha value is -3.31. The third kappa shape index (κ3) is 7.86. The van der Waals surface area contributed by atoms with Crippen LogP contribution in [0, 0.1) is 20.8 Å². The number of benzene rings is 3.